The highest BCUT2D eigenvalue weighted by Gasteiger charge is 2.62. The molecule has 0 spiro atoms. The number of hydrogen-bond acceptors (Lipinski definition) is 5. The molecule has 1 heterocycles. The molecule has 2 saturated carbocycles. The summed E-state index contributed by atoms with van der Waals surface area (Å²) in [4.78, 5) is 0. The molecule has 0 bridgehead atoms. The van der Waals surface area contributed by atoms with Crippen LogP contribution < -0.4 is 5.32 Å². The van der Waals surface area contributed by atoms with E-state index < -0.39 is 23.5 Å². The van der Waals surface area contributed by atoms with Crippen LogP contribution in [0.5, 0.6) is 0 Å². The third kappa shape index (κ3) is 3.70. The molecule has 196 valence electrons. The van der Waals surface area contributed by atoms with Crippen molar-refractivity contribution in [2.75, 3.05) is 14.1 Å². The van der Waals surface area contributed by atoms with Gasteiger partial charge in [-0.1, -0.05) is 31.2 Å². The zero-order valence-corrected chi connectivity index (χ0v) is 21.8. The largest absolute Gasteiger partial charge is 0.393 e. The van der Waals surface area contributed by atoms with Crippen molar-refractivity contribution in [1.82, 2.24) is 15.5 Å². The van der Waals surface area contributed by atoms with Crippen LogP contribution in [0.15, 0.2) is 35.9 Å². The van der Waals surface area contributed by atoms with Gasteiger partial charge in [0.15, 0.2) is 0 Å². The molecule has 6 nitrogen and oxygen atoms in total. The Labute approximate surface area is 212 Å². The first-order valence-corrected chi connectivity index (χ1v) is 13.3. The Morgan fingerprint density at radius 1 is 1.14 bits per heavy atom. The number of aromatic amines is 1. The van der Waals surface area contributed by atoms with Gasteiger partial charge in [0.25, 0.3) is 0 Å². The minimum absolute atomic E-state index is 0.0548. The van der Waals surface area contributed by atoms with E-state index in [0.29, 0.717) is 44.1 Å². The van der Waals surface area contributed by atoms with Crippen LogP contribution in [0.1, 0.15) is 63.1 Å². The number of fused-ring (bicyclic) bond motifs is 5. The zero-order chi connectivity index (χ0) is 25.9. The third-order valence-electron chi connectivity index (χ3n) is 9.52. The summed E-state index contributed by atoms with van der Waals surface area (Å²) in [7, 11) is 3.75. The van der Waals surface area contributed by atoms with Crippen LogP contribution in [0.2, 0.25) is 0 Å². The molecular weight excluding hydrogens is 457 g/mol. The number of rotatable bonds is 1. The van der Waals surface area contributed by atoms with E-state index in [9.17, 15) is 15.3 Å². The molecule has 1 aromatic carbocycles. The lowest BCUT2D eigenvalue weighted by atomic mass is 9.57. The first-order chi connectivity index (χ1) is 17.1. The first kappa shape index (κ1) is 25.6. The molecule has 36 heavy (non-hydrogen) atoms. The van der Waals surface area contributed by atoms with E-state index in [2.05, 4.69) is 46.7 Å². The number of H-pyrrole nitrogens is 1. The molecule has 0 radical (unpaired) electrons. The van der Waals surface area contributed by atoms with Crippen molar-refractivity contribution in [3.05, 3.63) is 47.2 Å². The van der Waals surface area contributed by atoms with Crippen LogP contribution in [0.4, 0.5) is 4.39 Å². The van der Waals surface area contributed by atoms with Crippen LogP contribution in [-0.2, 0) is 0 Å². The van der Waals surface area contributed by atoms with Crippen LogP contribution in [0, 0.1) is 24.2 Å². The highest BCUT2D eigenvalue weighted by Crippen LogP contribution is 2.63. The van der Waals surface area contributed by atoms with Gasteiger partial charge in [-0.3, -0.25) is 5.10 Å². The minimum atomic E-state index is -1.88. The average Bonchev–Trinajstić information content (AvgIpc) is 3.36. The van der Waals surface area contributed by atoms with E-state index in [4.69, 9.17) is 0 Å². The summed E-state index contributed by atoms with van der Waals surface area (Å²) >= 11 is 0. The summed E-state index contributed by atoms with van der Waals surface area (Å²) in [5.74, 6) is -0.461. The second-order valence-corrected chi connectivity index (χ2v) is 11.7. The Balaban J connectivity index is 0.000000848. The first-order valence-electron chi connectivity index (χ1n) is 13.3. The summed E-state index contributed by atoms with van der Waals surface area (Å²) < 4.78 is 16.2. The maximum Gasteiger partial charge on any atom is 0.145 e. The molecule has 0 aliphatic heterocycles. The maximum atomic E-state index is 16.2. The second-order valence-electron chi connectivity index (χ2n) is 11.7. The number of aliphatic hydroxyl groups excluding tert-OH is 2. The molecule has 7 atom stereocenters. The number of aliphatic hydroxyl groups is 3. The van der Waals surface area contributed by atoms with Crippen LogP contribution in [0.3, 0.4) is 0 Å². The number of halogens is 1. The van der Waals surface area contributed by atoms with Crippen LogP contribution >= 0.6 is 0 Å². The fraction of sp³-hybridized carbons (Fsp3) is 0.621. The standard InChI is InChI=1S/C27H33FN2O3.C2H7N/c1-15-19-6-3-16(13-22(19)30-29-15)20-7-8-23-25(20,2)11-10-21-24(32)26(28)14-18(31)5-4-17(26)9-12-27(21,23)33;1-3-2/h3,6-7,10,13,17-18,23-24,31-33H,4-5,8-9,11-12,14H2,1-2H3,(H,29,30);3H,1-2H3/t17?,18?,23?,24?,25?,26?,27-;/m1./s1. The molecule has 4 aliphatic rings. The minimum Gasteiger partial charge on any atom is -0.393 e. The highest BCUT2D eigenvalue weighted by atomic mass is 19.1. The topological polar surface area (TPSA) is 101 Å². The molecule has 0 amide bonds. The van der Waals surface area contributed by atoms with E-state index in [1.54, 1.807) is 0 Å². The molecule has 2 fully saturated rings. The van der Waals surface area contributed by atoms with Gasteiger partial charge < -0.3 is 20.6 Å². The Hall–Kier alpha value is -2.06. The zero-order valence-electron chi connectivity index (χ0n) is 21.8. The van der Waals surface area contributed by atoms with Crippen molar-refractivity contribution in [1.29, 1.82) is 0 Å². The van der Waals surface area contributed by atoms with Crippen molar-refractivity contribution in [3.63, 3.8) is 0 Å². The number of hydrogen-bond donors (Lipinski definition) is 5. The van der Waals surface area contributed by atoms with Gasteiger partial charge in [-0.15, -0.1) is 0 Å². The fourth-order valence-electron chi connectivity index (χ4n) is 7.65. The van der Waals surface area contributed by atoms with E-state index in [1.165, 1.54) is 5.57 Å². The highest BCUT2D eigenvalue weighted by molar-refractivity contribution is 5.86. The number of aryl methyl sites for hydroxylation is 1. The Morgan fingerprint density at radius 3 is 2.64 bits per heavy atom. The Bertz CT molecular complexity index is 1210. The quantitative estimate of drug-likeness (QED) is 0.380. The Morgan fingerprint density at radius 2 is 1.89 bits per heavy atom. The summed E-state index contributed by atoms with van der Waals surface area (Å²) in [6.07, 6.45) is 5.37. The van der Waals surface area contributed by atoms with Gasteiger partial charge in [0.2, 0.25) is 0 Å². The van der Waals surface area contributed by atoms with Gasteiger partial charge in [-0.25, -0.2) is 4.39 Å². The van der Waals surface area contributed by atoms with Crippen LogP contribution in [0.25, 0.3) is 16.5 Å². The third-order valence-corrected chi connectivity index (χ3v) is 9.52. The van der Waals surface area contributed by atoms with Crippen molar-refractivity contribution >= 4 is 16.5 Å². The van der Waals surface area contributed by atoms with Gasteiger partial charge in [-0.05, 0) is 88.2 Å². The molecule has 6 rings (SSSR count). The van der Waals surface area contributed by atoms with E-state index in [0.717, 1.165) is 22.2 Å². The lowest BCUT2D eigenvalue weighted by Gasteiger charge is -2.50. The molecule has 6 unspecified atom stereocenters. The van der Waals surface area contributed by atoms with Crippen molar-refractivity contribution in [2.24, 2.45) is 17.3 Å². The Kier molecular flexibility index (Phi) is 6.43. The van der Waals surface area contributed by atoms with Crippen molar-refractivity contribution in [2.45, 2.75) is 82.3 Å². The van der Waals surface area contributed by atoms with Crippen molar-refractivity contribution < 1.29 is 19.7 Å². The molecule has 7 heteroatoms. The monoisotopic (exact) mass is 497 g/mol. The van der Waals surface area contributed by atoms with E-state index in [1.807, 2.05) is 27.1 Å². The second kappa shape index (κ2) is 9.05. The number of nitrogens with zero attached hydrogens (tertiary/aromatic N) is 1. The predicted molar refractivity (Wildman–Crippen MR) is 140 cm³/mol. The number of allylic oxidation sites excluding steroid dienone is 3. The molecule has 1 aromatic heterocycles. The average molecular weight is 498 g/mol. The summed E-state index contributed by atoms with van der Waals surface area (Å²) in [5.41, 5.74) is 1.27. The number of aromatic nitrogens is 2. The SMILES string of the molecule is CNC.Cc1[nH]nc2cc(C3=CCC4C3(C)CC=C3C(O)C5(F)CC(O)CCC5CC[C@@]34O)ccc12. The molecule has 2 aromatic rings. The molecule has 5 N–H and O–H groups in total. The smallest absolute Gasteiger partial charge is 0.145 e. The molecule has 4 aliphatic carbocycles. The molecule has 0 saturated heterocycles. The van der Waals surface area contributed by atoms with Crippen molar-refractivity contribution in [3.8, 4) is 0 Å². The maximum absolute atomic E-state index is 16.2. The van der Waals surface area contributed by atoms with Gasteiger partial charge >= 0.3 is 0 Å². The van der Waals surface area contributed by atoms with Gasteiger partial charge in [-0.2, -0.15) is 5.10 Å². The van der Waals surface area contributed by atoms with Gasteiger partial charge in [0.05, 0.1) is 17.2 Å². The number of nitrogens with one attached hydrogen (secondary N) is 2. The number of alkyl halides is 1. The van der Waals surface area contributed by atoms with E-state index >= 15 is 4.39 Å². The lowest BCUT2D eigenvalue weighted by molar-refractivity contribution is -0.0963. The number of benzene rings is 1. The normalized spacial score (nSPS) is 39.7. The van der Waals surface area contributed by atoms with E-state index in [-0.39, 0.29) is 23.7 Å². The predicted octanol–water partition coefficient (Wildman–Crippen LogP) is 4.20. The van der Waals surface area contributed by atoms with Crippen LogP contribution in [-0.4, -0.2) is 63.1 Å². The van der Waals surface area contributed by atoms with Gasteiger partial charge in [0, 0.05) is 28.8 Å². The summed E-state index contributed by atoms with van der Waals surface area (Å²) in [5, 5.41) is 44.9. The summed E-state index contributed by atoms with van der Waals surface area (Å²) in [6.45, 7) is 4.21. The summed E-state index contributed by atoms with van der Waals surface area (Å²) in [6, 6.07) is 6.33. The molecular formula is C29H40FN3O3. The van der Waals surface area contributed by atoms with Gasteiger partial charge in [0.1, 0.15) is 11.8 Å². The fourth-order valence-corrected chi connectivity index (χ4v) is 7.65. The lowest BCUT2D eigenvalue weighted by Crippen LogP contribution is -2.55.